The summed E-state index contributed by atoms with van der Waals surface area (Å²) in [5, 5.41) is 0. The van der Waals surface area contributed by atoms with Crippen LogP contribution in [0.4, 0.5) is 18.9 Å². The van der Waals surface area contributed by atoms with Gasteiger partial charge in [-0.25, -0.2) is 9.59 Å². The van der Waals surface area contributed by atoms with Crippen molar-refractivity contribution in [3.8, 4) is 0 Å². The molecule has 0 radical (unpaired) electrons. The monoisotopic (exact) mass is 371 g/mol. The molecule has 142 valence electrons. The van der Waals surface area contributed by atoms with Crippen LogP contribution in [0, 0.1) is 0 Å². The maximum Gasteiger partial charge on any atom is 0.417 e. The standard InChI is InChI=1S/C18H20F3NO4/c1-5-25-15(23)17(16(24)26-6-2)10-11(3)14-12(18(19,20)21)8-7-9-13(14)22(17)4/h7-10H,5-6H2,1-4H3. The van der Waals surface area contributed by atoms with E-state index in [1.807, 2.05) is 0 Å². The molecule has 0 aliphatic carbocycles. The third kappa shape index (κ3) is 3.04. The highest BCUT2D eigenvalue weighted by Gasteiger charge is 2.54. The molecule has 8 heteroatoms. The highest BCUT2D eigenvalue weighted by Crippen LogP contribution is 2.45. The number of rotatable bonds is 4. The van der Waals surface area contributed by atoms with Gasteiger partial charge in [0.2, 0.25) is 0 Å². The van der Waals surface area contributed by atoms with Crippen LogP contribution < -0.4 is 4.90 Å². The number of halogens is 3. The Bertz CT molecular complexity index is 737. The number of hydrogen-bond acceptors (Lipinski definition) is 5. The molecule has 0 amide bonds. The molecule has 0 N–H and O–H groups in total. The van der Waals surface area contributed by atoms with Crippen LogP contribution >= 0.6 is 0 Å². The van der Waals surface area contributed by atoms with Crippen LogP contribution in [-0.2, 0) is 25.2 Å². The summed E-state index contributed by atoms with van der Waals surface area (Å²) < 4.78 is 50.3. The number of benzene rings is 1. The number of esters is 2. The van der Waals surface area contributed by atoms with Gasteiger partial charge in [0, 0.05) is 18.3 Å². The molecule has 0 saturated heterocycles. The number of allylic oxidation sites excluding steroid dienone is 1. The number of ether oxygens (including phenoxy) is 2. The maximum absolute atomic E-state index is 13.4. The molecule has 0 fully saturated rings. The number of likely N-dealkylation sites (N-methyl/N-ethyl adjacent to an activating group) is 1. The summed E-state index contributed by atoms with van der Waals surface area (Å²) in [6.45, 7) is 4.60. The minimum atomic E-state index is -4.57. The van der Waals surface area contributed by atoms with E-state index >= 15 is 0 Å². The van der Waals surface area contributed by atoms with Crippen molar-refractivity contribution >= 4 is 23.2 Å². The molecule has 0 atom stereocenters. The molecule has 0 bridgehead atoms. The van der Waals surface area contributed by atoms with Gasteiger partial charge in [-0.05, 0) is 44.6 Å². The van der Waals surface area contributed by atoms with Gasteiger partial charge in [0.05, 0.1) is 18.8 Å². The van der Waals surface area contributed by atoms with Gasteiger partial charge in [0.15, 0.2) is 0 Å². The van der Waals surface area contributed by atoms with Crippen LogP contribution in [0.2, 0.25) is 0 Å². The van der Waals surface area contributed by atoms with Gasteiger partial charge in [-0.1, -0.05) is 6.07 Å². The predicted molar refractivity (Wildman–Crippen MR) is 89.5 cm³/mol. The fourth-order valence-electron chi connectivity index (χ4n) is 3.10. The van der Waals surface area contributed by atoms with Crippen molar-refractivity contribution in [2.24, 2.45) is 0 Å². The molecular weight excluding hydrogens is 351 g/mol. The lowest BCUT2D eigenvalue weighted by Gasteiger charge is -2.41. The second-order valence-corrected chi connectivity index (χ2v) is 5.79. The van der Waals surface area contributed by atoms with E-state index in [0.29, 0.717) is 0 Å². The average molecular weight is 371 g/mol. The zero-order valence-electron chi connectivity index (χ0n) is 14.9. The van der Waals surface area contributed by atoms with Crippen molar-refractivity contribution < 1.29 is 32.2 Å². The lowest BCUT2D eigenvalue weighted by molar-refractivity contribution is -0.161. The van der Waals surface area contributed by atoms with Gasteiger partial charge in [-0.15, -0.1) is 0 Å². The number of carbonyl (C=O) groups excluding carboxylic acids is 2. The Balaban J connectivity index is 2.75. The van der Waals surface area contributed by atoms with Crippen LogP contribution in [0.25, 0.3) is 5.57 Å². The van der Waals surface area contributed by atoms with Gasteiger partial charge < -0.3 is 14.4 Å². The second kappa shape index (κ2) is 7.01. The average Bonchev–Trinajstić information content (AvgIpc) is 2.57. The van der Waals surface area contributed by atoms with Crippen LogP contribution in [-0.4, -0.2) is 37.7 Å². The van der Waals surface area contributed by atoms with E-state index in [-0.39, 0.29) is 30.0 Å². The first-order valence-corrected chi connectivity index (χ1v) is 8.09. The summed E-state index contributed by atoms with van der Waals surface area (Å²) in [5.41, 5.74) is -2.65. The van der Waals surface area contributed by atoms with E-state index in [1.54, 1.807) is 13.8 Å². The van der Waals surface area contributed by atoms with E-state index in [4.69, 9.17) is 9.47 Å². The van der Waals surface area contributed by atoms with Crippen LogP contribution in [0.1, 0.15) is 31.9 Å². The number of fused-ring (bicyclic) bond motifs is 1. The molecule has 0 aromatic heterocycles. The molecule has 1 aromatic rings. The Hall–Kier alpha value is -2.51. The Morgan fingerprint density at radius 1 is 1.12 bits per heavy atom. The first kappa shape index (κ1) is 19.8. The zero-order valence-corrected chi connectivity index (χ0v) is 14.9. The lowest BCUT2D eigenvalue weighted by Crippen LogP contribution is -2.60. The topological polar surface area (TPSA) is 55.8 Å². The van der Waals surface area contributed by atoms with Crippen molar-refractivity contribution in [2.75, 3.05) is 25.2 Å². The van der Waals surface area contributed by atoms with E-state index in [1.165, 1.54) is 37.1 Å². The Labute approximate surface area is 149 Å². The van der Waals surface area contributed by atoms with Crippen molar-refractivity contribution in [2.45, 2.75) is 32.5 Å². The van der Waals surface area contributed by atoms with Gasteiger partial charge in [-0.3, -0.25) is 0 Å². The zero-order chi connectivity index (χ0) is 19.7. The third-order valence-electron chi connectivity index (χ3n) is 4.23. The number of nitrogens with zero attached hydrogens (tertiary/aromatic N) is 1. The van der Waals surface area contributed by atoms with Gasteiger partial charge in [-0.2, -0.15) is 13.2 Å². The molecule has 1 aliphatic rings. The van der Waals surface area contributed by atoms with E-state index < -0.39 is 29.2 Å². The van der Waals surface area contributed by atoms with E-state index in [9.17, 15) is 22.8 Å². The molecule has 1 aromatic carbocycles. The predicted octanol–water partition coefficient (Wildman–Crippen LogP) is 3.42. The second-order valence-electron chi connectivity index (χ2n) is 5.79. The van der Waals surface area contributed by atoms with Gasteiger partial charge >= 0.3 is 18.1 Å². The molecule has 0 spiro atoms. The van der Waals surface area contributed by atoms with Crippen molar-refractivity contribution in [1.29, 1.82) is 0 Å². The number of hydrogen-bond donors (Lipinski definition) is 0. The highest BCUT2D eigenvalue weighted by molar-refractivity contribution is 6.14. The molecule has 1 aliphatic heterocycles. The quantitative estimate of drug-likeness (QED) is 0.600. The minimum absolute atomic E-state index is 0.0101. The van der Waals surface area contributed by atoms with Crippen LogP contribution in [0.3, 0.4) is 0 Å². The Morgan fingerprint density at radius 3 is 2.12 bits per heavy atom. The molecule has 0 saturated carbocycles. The van der Waals surface area contributed by atoms with Crippen molar-refractivity contribution in [3.05, 3.63) is 35.4 Å². The van der Waals surface area contributed by atoms with Gasteiger partial charge in [0.25, 0.3) is 5.54 Å². The molecule has 26 heavy (non-hydrogen) atoms. The fourth-order valence-corrected chi connectivity index (χ4v) is 3.10. The molecule has 1 heterocycles. The fraction of sp³-hybridized carbons (Fsp3) is 0.444. The Morgan fingerprint density at radius 2 is 1.65 bits per heavy atom. The van der Waals surface area contributed by atoms with Crippen LogP contribution in [0.5, 0.6) is 0 Å². The minimum Gasteiger partial charge on any atom is -0.464 e. The maximum atomic E-state index is 13.4. The summed E-state index contributed by atoms with van der Waals surface area (Å²) in [5.74, 6) is -1.80. The first-order chi connectivity index (χ1) is 12.1. The number of carbonyl (C=O) groups is 2. The number of alkyl halides is 3. The largest absolute Gasteiger partial charge is 0.464 e. The normalized spacial score (nSPS) is 15.8. The molecular formula is C18H20F3NO4. The number of anilines is 1. The van der Waals surface area contributed by atoms with Crippen LogP contribution in [0.15, 0.2) is 24.3 Å². The van der Waals surface area contributed by atoms with Gasteiger partial charge in [0.1, 0.15) is 0 Å². The summed E-state index contributed by atoms with van der Waals surface area (Å²) in [7, 11) is 1.37. The van der Waals surface area contributed by atoms with Crippen molar-refractivity contribution in [3.63, 3.8) is 0 Å². The summed E-state index contributed by atoms with van der Waals surface area (Å²) in [6.07, 6.45) is -3.39. The molecule has 0 unspecified atom stereocenters. The lowest BCUT2D eigenvalue weighted by atomic mass is 9.84. The van der Waals surface area contributed by atoms with Crippen molar-refractivity contribution in [1.82, 2.24) is 0 Å². The van der Waals surface area contributed by atoms with E-state index in [0.717, 1.165) is 6.07 Å². The van der Waals surface area contributed by atoms with E-state index in [2.05, 4.69) is 0 Å². The summed E-state index contributed by atoms with van der Waals surface area (Å²) in [6, 6.07) is 3.62. The Kier molecular flexibility index (Phi) is 5.34. The first-order valence-electron chi connectivity index (χ1n) is 8.09. The highest BCUT2D eigenvalue weighted by atomic mass is 19.4. The SMILES string of the molecule is CCOC(=O)C1(C(=O)OCC)C=C(C)c2c(cccc2C(F)(F)F)N1C. The third-order valence-corrected chi connectivity index (χ3v) is 4.23. The smallest absolute Gasteiger partial charge is 0.417 e. The summed E-state index contributed by atoms with van der Waals surface area (Å²) >= 11 is 0. The summed E-state index contributed by atoms with van der Waals surface area (Å²) in [4.78, 5) is 26.5. The molecule has 5 nitrogen and oxygen atoms in total. The molecule has 2 rings (SSSR count).